The number of esters is 1. The number of halogens is 1. The first-order valence-electron chi connectivity index (χ1n) is 8.75. The van der Waals surface area contributed by atoms with Gasteiger partial charge in [0.1, 0.15) is 11.9 Å². The molecule has 5 nitrogen and oxygen atoms in total. The van der Waals surface area contributed by atoms with Gasteiger partial charge in [0.25, 0.3) is 5.91 Å². The number of fused-ring (bicyclic) bond motifs is 1. The highest BCUT2D eigenvalue weighted by molar-refractivity contribution is 6.05. The summed E-state index contributed by atoms with van der Waals surface area (Å²) in [5.74, 6) is -0.841. The summed E-state index contributed by atoms with van der Waals surface area (Å²) in [5, 5.41) is 2.92. The van der Waals surface area contributed by atoms with E-state index in [4.69, 9.17) is 4.74 Å². The van der Waals surface area contributed by atoms with Crippen LogP contribution in [0.2, 0.25) is 0 Å². The summed E-state index contributed by atoms with van der Waals surface area (Å²) in [6.45, 7) is 1.25. The van der Waals surface area contributed by atoms with Gasteiger partial charge in [-0.05, 0) is 54.8 Å². The molecule has 6 heteroatoms. The van der Waals surface area contributed by atoms with Gasteiger partial charge in [0, 0.05) is 29.9 Å². The summed E-state index contributed by atoms with van der Waals surface area (Å²) in [6, 6.07) is 10.9. The molecule has 4 rings (SSSR count). The Balaban J connectivity index is 1.61. The van der Waals surface area contributed by atoms with E-state index >= 15 is 0 Å². The molecule has 2 aromatic carbocycles. The van der Waals surface area contributed by atoms with Gasteiger partial charge in [-0.2, -0.15) is 0 Å². The molecule has 0 aromatic heterocycles. The predicted molar refractivity (Wildman–Crippen MR) is 95.8 cm³/mol. The van der Waals surface area contributed by atoms with Gasteiger partial charge in [-0.1, -0.05) is 6.07 Å². The Labute approximate surface area is 150 Å². The standard InChI is InChI=1S/C20H19FN2O3/c21-14-8-6-13(7-9-14)19(24)22-16-4-1-5-17-15(16)3-2-11-23(17)18-10-12-26-20(18)25/h1,4-9,18H,2-3,10-12H2,(H,22,24)/t18-/m0/s1. The Morgan fingerprint density at radius 2 is 2.00 bits per heavy atom. The third kappa shape index (κ3) is 3.03. The first-order chi connectivity index (χ1) is 12.6. The number of anilines is 2. The smallest absolute Gasteiger partial charge is 0.328 e. The number of nitrogens with zero attached hydrogens (tertiary/aromatic N) is 1. The summed E-state index contributed by atoms with van der Waals surface area (Å²) in [4.78, 5) is 26.6. The van der Waals surface area contributed by atoms with Gasteiger partial charge in [-0.25, -0.2) is 9.18 Å². The molecule has 2 aromatic rings. The number of nitrogens with one attached hydrogen (secondary N) is 1. The molecular weight excluding hydrogens is 335 g/mol. The topological polar surface area (TPSA) is 58.6 Å². The van der Waals surface area contributed by atoms with E-state index in [9.17, 15) is 14.0 Å². The van der Waals surface area contributed by atoms with Gasteiger partial charge < -0.3 is 15.0 Å². The summed E-state index contributed by atoms with van der Waals surface area (Å²) >= 11 is 0. The summed E-state index contributed by atoms with van der Waals surface area (Å²) in [5.41, 5.74) is 3.12. The molecule has 0 radical (unpaired) electrons. The molecule has 26 heavy (non-hydrogen) atoms. The number of amides is 1. The average molecular weight is 354 g/mol. The SMILES string of the molecule is O=C(Nc1cccc2c1CCCN2[C@H]1CCOC1=O)c1ccc(F)cc1. The Kier molecular flexibility index (Phi) is 4.32. The van der Waals surface area contributed by atoms with E-state index in [-0.39, 0.29) is 23.7 Å². The van der Waals surface area contributed by atoms with Crippen molar-refractivity contribution in [1.82, 2.24) is 0 Å². The molecule has 0 saturated carbocycles. The van der Waals surface area contributed by atoms with Gasteiger partial charge in [0.05, 0.1) is 6.61 Å². The van der Waals surface area contributed by atoms with Crippen LogP contribution in [0.5, 0.6) is 0 Å². The predicted octanol–water partition coefficient (Wildman–Crippen LogP) is 3.15. The molecule has 2 aliphatic heterocycles. The van der Waals surface area contributed by atoms with Crippen molar-refractivity contribution in [2.45, 2.75) is 25.3 Å². The van der Waals surface area contributed by atoms with Crippen LogP contribution in [0.3, 0.4) is 0 Å². The summed E-state index contributed by atoms with van der Waals surface area (Å²) in [7, 11) is 0. The Bertz CT molecular complexity index is 851. The second-order valence-electron chi connectivity index (χ2n) is 6.53. The van der Waals surface area contributed by atoms with Crippen molar-refractivity contribution in [1.29, 1.82) is 0 Å². The molecule has 1 fully saturated rings. The molecule has 0 spiro atoms. The molecule has 1 N–H and O–H groups in total. The van der Waals surface area contributed by atoms with E-state index in [1.54, 1.807) is 0 Å². The zero-order valence-corrected chi connectivity index (χ0v) is 14.2. The Morgan fingerprint density at radius 3 is 2.73 bits per heavy atom. The second kappa shape index (κ2) is 6.78. The normalized spacial score (nSPS) is 19.0. The maximum absolute atomic E-state index is 13.0. The first-order valence-corrected chi connectivity index (χ1v) is 8.75. The molecule has 0 aliphatic carbocycles. The fraction of sp³-hybridized carbons (Fsp3) is 0.300. The van der Waals surface area contributed by atoms with Gasteiger partial charge in [-0.15, -0.1) is 0 Å². The number of benzene rings is 2. The largest absolute Gasteiger partial charge is 0.464 e. The number of hydrogen-bond acceptors (Lipinski definition) is 4. The molecule has 134 valence electrons. The highest BCUT2D eigenvalue weighted by atomic mass is 19.1. The molecule has 1 atom stereocenters. The minimum Gasteiger partial charge on any atom is -0.464 e. The van der Waals surface area contributed by atoms with Crippen molar-refractivity contribution >= 4 is 23.3 Å². The van der Waals surface area contributed by atoms with E-state index in [1.165, 1.54) is 24.3 Å². The molecular formula is C20H19FN2O3. The lowest BCUT2D eigenvalue weighted by molar-refractivity contribution is -0.139. The van der Waals surface area contributed by atoms with E-state index < -0.39 is 0 Å². The van der Waals surface area contributed by atoms with Crippen LogP contribution in [-0.4, -0.2) is 31.1 Å². The third-order valence-electron chi connectivity index (χ3n) is 4.93. The lowest BCUT2D eigenvalue weighted by Crippen LogP contribution is -2.42. The fourth-order valence-corrected chi connectivity index (χ4v) is 3.66. The van der Waals surface area contributed by atoms with Gasteiger partial charge in [0.15, 0.2) is 0 Å². The first kappa shape index (κ1) is 16.6. The van der Waals surface area contributed by atoms with Crippen LogP contribution in [0.25, 0.3) is 0 Å². The summed E-state index contributed by atoms with van der Waals surface area (Å²) in [6.07, 6.45) is 2.41. The van der Waals surface area contributed by atoms with E-state index in [0.717, 1.165) is 36.3 Å². The number of cyclic esters (lactones) is 1. The maximum Gasteiger partial charge on any atom is 0.328 e. The van der Waals surface area contributed by atoms with Crippen molar-refractivity contribution in [3.05, 3.63) is 59.4 Å². The van der Waals surface area contributed by atoms with Gasteiger partial charge >= 0.3 is 5.97 Å². The van der Waals surface area contributed by atoms with Crippen LogP contribution in [0, 0.1) is 5.82 Å². The van der Waals surface area contributed by atoms with Crippen molar-refractivity contribution in [2.24, 2.45) is 0 Å². The van der Waals surface area contributed by atoms with Crippen LogP contribution in [0.4, 0.5) is 15.8 Å². The van der Waals surface area contributed by atoms with Crippen LogP contribution in [0.15, 0.2) is 42.5 Å². The highest BCUT2D eigenvalue weighted by Crippen LogP contribution is 2.35. The van der Waals surface area contributed by atoms with E-state index in [1.807, 2.05) is 18.2 Å². The molecule has 0 bridgehead atoms. The maximum atomic E-state index is 13.0. The monoisotopic (exact) mass is 354 g/mol. The number of rotatable bonds is 3. The lowest BCUT2D eigenvalue weighted by atomic mass is 9.97. The minimum atomic E-state index is -0.377. The molecule has 1 saturated heterocycles. The van der Waals surface area contributed by atoms with E-state index in [0.29, 0.717) is 18.6 Å². The van der Waals surface area contributed by atoms with Crippen LogP contribution in [0.1, 0.15) is 28.8 Å². The Hall–Kier alpha value is -2.89. The van der Waals surface area contributed by atoms with Crippen molar-refractivity contribution < 1.29 is 18.7 Å². The molecule has 1 amide bonds. The lowest BCUT2D eigenvalue weighted by Gasteiger charge is -2.35. The van der Waals surface area contributed by atoms with Crippen molar-refractivity contribution in [2.75, 3.05) is 23.4 Å². The Morgan fingerprint density at radius 1 is 1.19 bits per heavy atom. The van der Waals surface area contributed by atoms with Crippen LogP contribution >= 0.6 is 0 Å². The second-order valence-corrected chi connectivity index (χ2v) is 6.53. The van der Waals surface area contributed by atoms with Crippen molar-refractivity contribution in [3.63, 3.8) is 0 Å². The third-order valence-corrected chi connectivity index (χ3v) is 4.93. The fourth-order valence-electron chi connectivity index (χ4n) is 3.66. The van der Waals surface area contributed by atoms with Crippen LogP contribution in [-0.2, 0) is 16.0 Å². The number of carbonyl (C=O) groups is 2. The zero-order chi connectivity index (χ0) is 18.1. The number of ether oxygens (including phenoxy) is 1. The molecule has 2 heterocycles. The molecule has 0 unspecified atom stereocenters. The zero-order valence-electron chi connectivity index (χ0n) is 14.2. The molecule has 2 aliphatic rings. The number of carbonyl (C=O) groups excluding carboxylic acids is 2. The summed E-state index contributed by atoms with van der Waals surface area (Å²) < 4.78 is 18.2. The average Bonchev–Trinajstić information content (AvgIpc) is 3.08. The van der Waals surface area contributed by atoms with E-state index in [2.05, 4.69) is 10.2 Å². The van der Waals surface area contributed by atoms with Gasteiger partial charge in [0.2, 0.25) is 0 Å². The van der Waals surface area contributed by atoms with Crippen LogP contribution < -0.4 is 10.2 Å². The minimum absolute atomic E-state index is 0.182. The van der Waals surface area contributed by atoms with Crippen molar-refractivity contribution in [3.8, 4) is 0 Å². The quantitative estimate of drug-likeness (QED) is 0.861. The highest BCUT2D eigenvalue weighted by Gasteiger charge is 2.35. The van der Waals surface area contributed by atoms with Gasteiger partial charge in [-0.3, -0.25) is 4.79 Å². The number of hydrogen-bond donors (Lipinski definition) is 1.